The van der Waals surface area contributed by atoms with Gasteiger partial charge in [-0.3, -0.25) is 14.9 Å². The topological polar surface area (TPSA) is 110 Å². The number of rotatable bonds is 6. The molecule has 0 saturated heterocycles. The van der Waals surface area contributed by atoms with Gasteiger partial charge >= 0.3 is 0 Å². The number of halogens is 2. The van der Waals surface area contributed by atoms with Crippen LogP contribution in [0, 0.1) is 10.1 Å². The fraction of sp³-hybridized carbons (Fsp3) is 0.133. The lowest BCUT2D eigenvalue weighted by Gasteiger charge is -2.17. The molecule has 2 rings (SSSR count). The van der Waals surface area contributed by atoms with E-state index < -0.39 is 27.4 Å². The summed E-state index contributed by atoms with van der Waals surface area (Å²) in [6.45, 7) is -0.485. The Labute approximate surface area is 159 Å². The summed E-state index contributed by atoms with van der Waals surface area (Å²) in [6, 6.07) is 9.24. The largest absolute Gasteiger partial charge is 0.325 e. The summed E-state index contributed by atoms with van der Waals surface area (Å²) in [5.74, 6) is -0.665. The summed E-state index contributed by atoms with van der Waals surface area (Å²) in [7, 11) is -2.64. The second-order valence-electron chi connectivity index (χ2n) is 5.19. The van der Waals surface area contributed by atoms with Crippen LogP contribution in [0.4, 0.5) is 11.4 Å². The number of carbonyl (C=O) groups is 1. The standard InChI is InChI=1S/C15H13Cl2N3O5S/c1-19(26(24,25)12-5-2-10(16)3-6-12)9-15(21)18-11-4-7-13(17)14(8-11)20(22)23/h2-8H,9H2,1H3,(H,18,21). The minimum absolute atomic E-state index is 0.0145. The van der Waals surface area contributed by atoms with Gasteiger partial charge in [-0.05, 0) is 36.4 Å². The maximum atomic E-state index is 12.4. The molecule has 138 valence electrons. The quantitative estimate of drug-likeness (QED) is 0.573. The minimum atomic E-state index is -3.89. The van der Waals surface area contributed by atoms with Gasteiger partial charge in [0.25, 0.3) is 5.69 Å². The number of anilines is 1. The Kier molecular flexibility index (Phi) is 6.19. The average molecular weight is 418 g/mol. The molecule has 0 heterocycles. The van der Waals surface area contributed by atoms with Crippen LogP contribution in [0.5, 0.6) is 0 Å². The molecule has 1 amide bonds. The highest BCUT2D eigenvalue weighted by molar-refractivity contribution is 7.89. The molecule has 0 aliphatic heterocycles. The Balaban J connectivity index is 2.11. The van der Waals surface area contributed by atoms with Gasteiger partial charge in [-0.25, -0.2) is 8.42 Å². The third kappa shape index (κ3) is 4.70. The van der Waals surface area contributed by atoms with E-state index in [4.69, 9.17) is 23.2 Å². The first-order valence-electron chi connectivity index (χ1n) is 7.07. The maximum Gasteiger partial charge on any atom is 0.289 e. The van der Waals surface area contributed by atoms with Crippen molar-refractivity contribution in [1.29, 1.82) is 0 Å². The number of nitrogens with zero attached hydrogens (tertiary/aromatic N) is 2. The Morgan fingerprint density at radius 1 is 1.19 bits per heavy atom. The minimum Gasteiger partial charge on any atom is -0.325 e. The third-order valence-electron chi connectivity index (χ3n) is 3.31. The van der Waals surface area contributed by atoms with Crippen LogP contribution >= 0.6 is 23.2 Å². The molecular formula is C15H13Cl2N3O5S. The Bertz CT molecular complexity index is 948. The zero-order chi connectivity index (χ0) is 19.5. The number of benzene rings is 2. The molecule has 8 nitrogen and oxygen atoms in total. The molecule has 0 saturated carbocycles. The zero-order valence-electron chi connectivity index (χ0n) is 13.3. The van der Waals surface area contributed by atoms with Crippen LogP contribution < -0.4 is 5.32 Å². The Morgan fingerprint density at radius 2 is 1.81 bits per heavy atom. The monoisotopic (exact) mass is 417 g/mol. The first-order valence-corrected chi connectivity index (χ1v) is 9.26. The van der Waals surface area contributed by atoms with E-state index in [0.717, 1.165) is 10.4 Å². The number of nitro benzene ring substituents is 1. The first kappa shape index (κ1) is 20.1. The summed E-state index contributed by atoms with van der Waals surface area (Å²) in [5, 5.41) is 13.6. The molecule has 0 spiro atoms. The highest BCUT2D eigenvalue weighted by atomic mass is 35.5. The van der Waals surface area contributed by atoms with E-state index in [1.54, 1.807) is 0 Å². The van der Waals surface area contributed by atoms with E-state index in [9.17, 15) is 23.3 Å². The molecule has 0 aliphatic rings. The smallest absolute Gasteiger partial charge is 0.289 e. The van der Waals surface area contributed by atoms with E-state index in [1.165, 1.54) is 43.4 Å². The zero-order valence-corrected chi connectivity index (χ0v) is 15.7. The van der Waals surface area contributed by atoms with E-state index in [0.29, 0.717) is 5.02 Å². The maximum absolute atomic E-state index is 12.4. The van der Waals surface area contributed by atoms with Gasteiger partial charge < -0.3 is 5.32 Å². The SMILES string of the molecule is CN(CC(=O)Nc1ccc(Cl)c([N+](=O)[O-])c1)S(=O)(=O)c1ccc(Cl)cc1. The van der Waals surface area contributed by atoms with E-state index >= 15 is 0 Å². The highest BCUT2D eigenvalue weighted by Gasteiger charge is 2.23. The lowest BCUT2D eigenvalue weighted by Crippen LogP contribution is -2.34. The summed E-state index contributed by atoms with van der Waals surface area (Å²) >= 11 is 11.4. The van der Waals surface area contributed by atoms with Crippen molar-refractivity contribution < 1.29 is 18.1 Å². The van der Waals surface area contributed by atoms with Gasteiger partial charge in [0.1, 0.15) is 5.02 Å². The van der Waals surface area contributed by atoms with Crippen LogP contribution in [-0.4, -0.2) is 37.1 Å². The van der Waals surface area contributed by atoms with E-state index in [-0.39, 0.29) is 21.3 Å². The fourth-order valence-corrected chi connectivity index (χ4v) is 3.44. The van der Waals surface area contributed by atoms with Gasteiger partial charge in [0, 0.05) is 23.8 Å². The number of nitrogens with one attached hydrogen (secondary N) is 1. The molecule has 1 N–H and O–H groups in total. The van der Waals surface area contributed by atoms with E-state index in [2.05, 4.69) is 5.32 Å². The predicted octanol–water partition coefficient (Wildman–Crippen LogP) is 3.16. The number of nitro groups is 1. The van der Waals surface area contributed by atoms with Gasteiger partial charge in [-0.2, -0.15) is 4.31 Å². The summed E-state index contributed by atoms with van der Waals surface area (Å²) in [6.07, 6.45) is 0. The molecule has 11 heteroatoms. The van der Waals surface area contributed by atoms with Gasteiger partial charge in [0.2, 0.25) is 15.9 Å². The van der Waals surface area contributed by atoms with Gasteiger partial charge in [-0.15, -0.1) is 0 Å². The molecule has 0 bridgehead atoms. The number of sulfonamides is 1. The van der Waals surface area contributed by atoms with Crippen molar-refractivity contribution in [1.82, 2.24) is 4.31 Å². The number of amides is 1. The fourth-order valence-electron chi connectivity index (χ4n) is 2.00. The third-order valence-corrected chi connectivity index (χ3v) is 5.70. The van der Waals surface area contributed by atoms with Crippen molar-refractivity contribution in [2.24, 2.45) is 0 Å². The van der Waals surface area contributed by atoms with Crippen LogP contribution in [0.1, 0.15) is 0 Å². The van der Waals surface area contributed by atoms with E-state index in [1.807, 2.05) is 0 Å². The van der Waals surface area contributed by atoms with Crippen molar-refractivity contribution in [2.45, 2.75) is 4.90 Å². The lowest BCUT2D eigenvalue weighted by molar-refractivity contribution is -0.384. The molecule has 0 fully saturated rings. The average Bonchev–Trinajstić information content (AvgIpc) is 2.56. The second kappa shape index (κ2) is 8.00. The van der Waals surface area contributed by atoms with Crippen LogP contribution in [0.2, 0.25) is 10.0 Å². The molecule has 0 aromatic heterocycles. The second-order valence-corrected chi connectivity index (χ2v) is 8.07. The Morgan fingerprint density at radius 3 is 2.38 bits per heavy atom. The highest BCUT2D eigenvalue weighted by Crippen LogP contribution is 2.27. The van der Waals surface area contributed by atoms with Gasteiger partial charge in [-0.1, -0.05) is 23.2 Å². The van der Waals surface area contributed by atoms with Crippen molar-refractivity contribution in [3.05, 3.63) is 62.6 Å². The van der Waals surface area contributed by atoms with Crippen LogP contribution in [-0.2, 0) is 14.8 Å². The molecular weight excluding hydrogens is 405 g/mol. The van der Waals surface area contributed by atoms with Crippen molar-refractivity contribution in [3.63, 3.8) is 0 Å². The number of carbonyl (C=O) groups excluding carboxylic acids is 1. The molecule has 0 radical (unpaired) electrons. The first-order chi connectivity index (χ1) is 12.1. The number of likely N-dealkylation sites (N-methyl/N-ethyl adjacent to an activating group) is 1. The predicted molar refractivity (Wildman–Crippen MR) is 98.0 cm³/mol. The normalized spacial score (nSPS) is 11.4. The number of hydrogen-bond donors (Lipinski definition) is 1. The lowest BCUT2D eigenvalue weighted by atomic mass is 10.3. The van der Waals surface area contributed by atoms with Crippen molar-refractivity contribution in [3.8, 4) is 0 Å². The van der Waals surface area contributed by atoms with Gasteiger partial charge in [0.05, 0.1) is 16.4 Å². The molecule has 0 aliphatic carbocycles. The van der Waals surface area contributed by atoms with Crippen molar-refractivity contribution in [2.75, 3.05) is 18.9 Å². The van der Waals surface area contributed by atoms with Gasteiger partial charge in [0.15, 0.2) is 0 Å². The molecule has 0 atom stereocenters. The summed E-state index contributed by atoms with van der Waals surface area (Å²) < 4.78 is 25.7. The molecule has 2 aromatic rings. The number of hydrogen-bond acceptors (Lipinski definition) is 5. The molecule has 0 unspecified atom stereocenters. The molecule has 2 aromatic carbocycles. The van der Waals surface area contributed by atoms with Crippen molar-refractivity contribution >= 4 is 50.5 Å². The summed E-state index contributed by atoms with van der Waals surface area (Å²) in [5.41, 5.74) is -0.241. The Hall–Kier alpha value is -2.20. The van der Waals surface area contributed by atoms with Crippen LogP contribution in [0.25, 0.3) is 0 Å². The summed E-state index contributed by atoms with van der Waals surface area (Å²) in [4.78, 5) is 22.2. The van der Waals surface area contributed by atoms with Crippen LogP contribution in [0.15, 0.2) is 47.4 Å². The van der Waals surface area contributed by atoms with Crippen LogP contribution in [0.3, 0.4) is 0 Å². The molecule has 26 heavy (non-hydrogen) atoms.